The highest BCUT2D eigenvalue weighted by Gasteiger charge is 2.38. The van der Waals surface area contributed by atoms with Gasteiger partial charge in [0.1, 0.15) is 0 Å². The van der Waals surface area contributed by atoms with Crippen molar-refractivity contribution in [2.75, 3.05) is 29.4 Å². The summed E-state index contributed by atoms with van der Waals surface area (Å²) in [5.41, 5.74) is 15.9. The second kappa shape index (κ2) is 14.0. The van der Waals surface area contributed by atoms with Crippen LogP contribution in [0, 0.1) is 0 Å². The van der Waals surface area contributed by atoms with Crippen molar-refractivity contribution in [3.8, 4) is 16.8 Å². The van der Waals surface area contributed by atoms with Crippen LogP contribution in [0.25, 0.3) is 39.5 Å². The highest BCUT2D eigenvalue weighted by molar-refractivity contribution is 5.93. The number of para-hydroxylation sites is 2. The number of aliphatic imine (C=N–C) groups is 1. The van der Waals surface area contributed by atoms with E-state index in [1.807, 2.05) is 19.2 Å². The van der Waals surface area contributed by atoms with Gasteiger partial charge in [0.15, 0.2) is 0 Å². The lowest BCUT2D eigenvalue weighted by atomic mass is 9.87. The minimum absolute atomic E-state index is 0.386. The Morgan fingerprint density at radius 1 is 0.907 bits per heavy atom. The van der Waals surface area contributed by atoms with Gasteiger partial charge < -0.3 is 14.8 Å². The number of benzene rings is 5. The molecule has 0 saturated heterocycles. The Morgan fingerprint density at radius 2 is 1.70 bits per heavy atom. The number of nitrogens with one attached hydrogen (secondary N) is 1. The molecule has 2 atom stereocenters. The van der Waals surface area contributed by atoms with Gasteiger partial charge in [0.25, 0.3) is 0 Å². The van der Waals surface area contributed by atoms with Crippen molar-refractivity contribution in [2.45, 2.75) is 44.1 Å². The molecule has 0 radical (unpaired) electrons. The number of anilines is 4. The van der Waals surface area contributed by atoms with Gasteiger partial charge in [-0.15, -0.1) is 0 Å². The molecule has 0 spiro atoms. The second-order valence-corrected chi connectivity index (χ2v) is 14.6. The van der Waals surface area contributed by atoms with E-state index in [9.17, 15) is 5.21 Å². The first kappa shape index (κ1) is 33.7. The van der Waals surface area contributed by atoms with Gasteiger partial charge in [0.2, 0.25) is 0 Å². The molecular weight excluding hydrogens is 663 g/mol. The molecule has 5 aromatic carbocycles. The molecule has 6 heteroatoms. The summed E-state index contributed by atoms with van der Waals surface area (Å²) in [6.07, 6.45) is 16.6. The molecule has 6 nitrogen and oxygen atoms in total. The number of hydroxylamine groups is 1. The second-order valence-electron chi connectivity index (χ2n) is 14.6. The van der Waals surface area contributed by atoms with Crippen LogP contribution in [0.5, 0.6) is 0 Å². The zero-order valence-corrected chi connectivity index (χ0v) is 30.9. The maximum absolute atomic E-state index is 10.2. The first-order valence-electron chi connectivity index (χ1n) is 19.0. The summed E-state index contributed by atoms with van der Waals surface area (Å²) in [5, 5.41) is 15.8. The molecule has 268 valence electrons. The normalized spacial score (nSPS) is 17.3. The SMILES string of the molecule is C=N/C(=C\Cc1cc(N2c3ccccc3C3C=CCCC32)cc(-n2c3c(c4ccccc42)C=CCC3)c1)c1ccc(-c2ccc(NC)c(N(C)O)c2)cc1. The summed E-state index contributed by atoms with van der Waals surface area (Å²) in [4.78, 5) is 7.14. The van der Waals surface area contributed by atoms with E-state index in [0.29, 0.717) is 24.1 Å². The Hall–Kier alpha value is -6.11. The average molecular weight is 708 g/mol. The fraction of sp³-hybridized carbons (Fsp3) is 0.188. The van der Waals surface area contributed by atoms with Gasteiger partial charge in [0.05, 0.1) is 22.6 Å². The molecule has 0 bridgehead atoms. The fourth-order valence-electron chi connectivity index (χ4n) is 8.94. The molecule has 54 heavy (non-hydrogen) atoms. The van der Waals surface area contributed by atoms with Gasteiger partial charge in [-0.05, 0) is 109 Å². The van der Waals surface area contributed by atoms with Crippen molar-refractivity contribution < 1.29 is 5.21 Å². The van der Waals surface area contributed by atoms with E-state index in [1.54, 1.807) is 7.05 Å². The van der Waals surface area contributed by atoms with E-state index in [2.05, 4.69) is 154 Å². The van der Waals surface area contributed by atoms with Gasteiger partial charge in [0, 0.05) is 59.8 Å². The van der Waals surface area contributed by atoms with E-state index in [0.717, 1.165) is 58.8 Å². The third-order valence-electron chi connectivity index (χ3n) is 11.5. The van der Waals surface area contributed by atoms with E-state index in [-0.39, 0.29) is 0 Å². The summed E-state index contributed by atoms with van der Waals surface area (Å²) in [7, 11) is 3.49. The Labute approximate surface area is 317 Å². The number of allylic oxidation sites excluding steroid dienone is 3. The molecule has 2 heterocycles. The standard InChI is InChI=1S/C48H45N5O/c1-49-42(34-23-21-33(22-24-34)35-25-27-43(50-2)48(30-35)51(3)54)26-20-32-28-36(52-44-16-8-4-12-38(44)39-13-5-9-17-45(39)52)31-37(29-32)53-46-18-10-6-14-40(46)41-15-7-11-19-47(41)53/h4-8,10,12-16,18,21-31,39,45,50,54H,1,9,11,17,19-20H2,2-3H3/b42-26-. The van der Waals surface area contributed by atoms with Crippen molar-refractivity contribution in [1.82, 2.24) is 4.57 Å². The maximum atomic E-state index is 10.2. The minimum atomic E-state index is 0.386. The quantitative estimate of drug-likeness (QED) is 0.0892. The van der Waals surface area contributed by atoms with Crippen molar-refractivity contribution in [2.24, 2.45) is 4.99 Å². The molecule has 0 fully saturated rings. The maximum Gasteiger partial charge on any atom is 0.0868 e. The smallest absolute Gasteiger partial charge is 0.0868 e. The number of rotatable bonds is 9. The molecule has 2 N–H and O–H groups in total. The summed E-state index contributed by atoms with van der Waals surface area (Å²) in [6.45, 7) is 3.99. The molecule has 0 amide bonds. The van der Waals surface area contributed by atoms with E-state index in [1.165, 1.54) is 50.3 Å². The number of nitrogens with zero attached hydrogens (tertiary/aromatic N) is 4. The summed E-state index contributed by atoms with van der Waals surface area (Å²) >= 11 is 0. The van der Waals surface area contributed by atoms with Crippen LogP contribution in [0.4, 0.5) is 22.7 Å². The highest BCUT2D eigenvalue weighted by Crippen LogP contribution is 2.49. The number of aromatic nitrogens is 1. The predicted octanol–water partition coefficient (Wildman–Crippen LogP) is 11.4. The highest BCUT2D eigenvalue weighted by atomic mass is 16.5. The zero-order chi connectivity index (χ0) is 36.8. The molecule has 1 aromatic heterocycles. The molecule has 9 rings (SSSR count). The van der Waals surface area contributed by atoms with Crippen LogP contribution < -0.4 is 15.3 Å². The van der Waals surface area contributed by atoms with E-state index >= 15 is 0 Å². The van der Waals surface area contributed by atoms with Crippen LogP contribution in [0.3, 0.4) is 0 Å². The first-order valence-corrected chi connectivity index (χ1v) is 19.0. The van der Waals surface area contributed by atoms with Crippen LogP contribution in [-0.2, 0) is 12.8 Å². The minimum Gasteiger partial charge on any atom is -0.386 e. The van der Waals surface area contributed by atoms with Gasteiger partial charge in [-0.2, -0.15) is 0 Å². The van der Waals surface area contributed by atoms with Gasteiger partial charge in [-0.25, -0.2) is 0 Å². The Morgan fingerprint density at radius 3 is 2.54 bits per heavy atom. The monoisotopic (exact) mass is 707 g/mol. The van der Waals surface area contributed by atoms with Crippen LogP contribution >= 0.6 is 0 Å². The van der Waals surface area contributed by atoms with Crippen molar-refractivity contribution in [3.63, 3.8) is 0 Å². The molecule has 1 aliphatic heterocycles. The van der Waals surface area contributed by atoms with Crippen LogP contribution in [-0.4, -0.2) is 36.6 Å². The van der Waals surface area contributed by atoms with E-state index < -0.39 is 0 Å². The Balaban J connectivity index is 1.12. The lowest BCUT2D eigenvalue weighted by Gasteiger charge is -2.32. The van der Waals surface area contributed by atoms with Gasteiger partial charge in [-0.3, -0.25) is 15.3 Å². The summed E-state index contributed by atoms with van der Waals surface area (Å²) < 4.78 is 2.51. The van der Waals surface area contributed by atoms with Gasteiger partial charge in [-0.1, -0.05) is 97.1 Å². The number of hydrogen-bond acceptors (Lipinski definition) is 5. The van der Waals surface area contributed by atoms with E-state index in [4.69, 9.17) is 0 Å². The first-order chi connectivity index (χ1) is 26.5. The predicted molar refractivity (Wildman–Crippen MR) is 227 cm³/mol. The van der Waals surface area contributed by atoms with Crippen molar-refractivity contribution in [1.29, 1.82) is 0 Å². The Bertz CT molecular complexity index is 2480. The molecular formula is C48H45N5O. The molecule has 2 unspecified atom stereocenters. The molecule has 2 aliphatic carbocycles. The summed E-state index contributed by atoms with van der Waals surface area (Å²) in [6, 6.07) is 39.8. The van der Waals surface area contributed by atoms with Crippen LogP contribution in [0.1, 0.15) is 53.1 Å². The lowest BCUT2D eigenvalue weighted by Crippen LogP contribution is -2.31. The molecule has 6 aromatic rings. The third-order valence-corrected chi connectivity index (χ3v) is 11.5. The Kier molecular flexibility index (Phi) is 8.76. The van der Waals surface area contributed by atoms with Crippen LogP contribution in [0.2, 0.25) is 0 Å². The van der Waals surface area contributed by atoms with Crippen molar-refractivity contribution >= 4 is 52.1 Å². The van der Waals surface area contributed by atoms with Gasteiger partial charge >= 0.3 is 0 Å². The largest absolute Gasteiger partial charge is 0.386 e. The topological polar surface area (TPSA) is 56.0 Å². The lowest BCUT2D eigenvalue weighted by molar-refractivity contribution is 0.280. The third kappa shape index (κ3) is 5.83. The van der Waals surface area contributed by atoms with Crippen LogP contribution in [0.15, 0.2) is 138 Å². The fourth-order valence-corrected chi connectivity index (χ4v) is 8.94. The molecule has 3 aliphatic rings. The van der Waals surface area contributed by atoms with Crippen molar-refractivity contribution in [3.05, 3.63) is 161 Å². The zero-order valence-electron chi connectivity index (χ0n) is 30.9. The molecule has 0 saturated carbocycles. The average Bonchev–Trinajstić information content (AvgIpc) is 3.74. The number of hydrogen-bond donors (Lipinski definition) is 2. The number of fused-ring (bicyclic) bond motifs is 6. The summed E-state index contributed by atoms with van der Waals surface area (Å²) in [5.74, 6) is 0.393.